The molecule has 0 bridgehead atoms. The molecule has 0 aliphatic carbocycles. The maximum Gasteiger partial charge on any atom is 0.407 e. The van der Waals surface area contributed by atoms with Gasteiger partial charge in [-0.2, -0.15) is 0 Å². The number of hydrogen-bond acceptors (Lipinski definition) is 3. The minimum atomic E-state index is -0.841. The van der Waals surface area contributed by atoms with Crippen molar-refractivity contribution in [3.8, 4) is 5.75 Å². The molecule has 1 fully saturated rings. The van der Waals surface area contributed by atoms with Gasteiger partial charge >= 0.3 is 6.09 Å². The van der Waals surface area contributed by atoms with Gasteiger partial charge in [-0.25, -0.2) is 4.79 Å². The highest BCUT2D eigenvalue weighted by Crippen LogP contribution is 2.33. The molecule has 0 spiro atoms. The van der Waals surface area contributed by atoms with Crippen LogP contribution < -0.4 is 4.74 Å². The Morgan fingerprint density at radius 1 is 1.36 bits per heavy atom. The normalized spacial score (nSPS) is 21.2. The highest BCUT2D eigenvalue weighted by Gasteiger charge is 2.38. The molecule has 2 rings (SSSR count). The van der Waals surface area contributed by atoms with E-state index in [4.69, 9.17) is 9.47 Å². The zero-order chi connectivity index (χ0) is 18.6. The Balaban J connectivity index is 1.83. The van der Waals surface area contributed by atoms with Gasteiger partial charge in [0.15, 0.2) is 0 Å². The van der Waals surface area contributed by atoms with Gasteiger partial charge in [-0.05, 0) is 37.3 Å². The number of nitrogens with zero attached hydrogens (tertiary/aromatic N) is 1. The van der Waals surface area contributed by atoms with Crippen LogP contribution in [-0.2, 0) is 4.74 Å². The van der Waals surface area contributed by atoms with Crippen LogP contribution in [0.2, 0.25) is 0 Å². The van der Waals surface area contributed by atoms with Crippen molar-refractivity contribution in [2.45, 2.75) is 52.7 Å². The summed E-state index contributed by atoms with van der Waals surface area (Å²) in [5.41, 5.74) is 0.967. The molecule has 6 heteroatoms. The van der Waals surface area contributed by atoms with Crippen LogP contribution in [0.15, 0.2) is 22.7 Å². The minimum absolute atomic E-state index is 0.0306. The summed E-state index contributed by atoms with van der Waals surface area (Å²) in [4.78, 5) is 13.0. The fourth-order valence-corrected chi connectivity index (χ4v) is 3.59. The first-order valence-electron chi connectivity index (χ1n) is 8.69. The van der Waals surface area contributed by atoms with E-state index >= 15 is 0 Å². The van der Waals surface area contributed by atoms with E-state index in [0.717, 1.165) is 28.6 Å². The zero-order valence-electron chi connectivity index (χ0n) is 15.4. The number of rotatable bonds is 5. The lowest BCUT2D eigenvalue weighted by Gasteiger charge is -2.44. The van der Waals surface area contributed by atoms with Crippen molar-refractivity contribution in [1.29, 1.82) is 0 Å². The lowest BCUT2D eigenvalue weighted by atomic mass is 9.80. The molecule has 140 valence electrons. The number of piperidine rings is 1. The van der Waals surface area contributed by atoms with Crippen LogP contribution >= 0.6 is 15.9 Å². The Kier molecular flexibility index (Phi) is 6.74. The first-order valence-corrected chi connectivity index (χ1v) is 9.48. The monoisotopic (exact) mass is 413 g/mol. The Hall–Kier alpha value is -1.27. The van der Waals surface area contributed by atoms with Crippen LogP contribution in [0.4, 0.5) is 4.79 Å². The van der Waals surface area contributed by atoms with E-state index < -0.39 is 6.09 Å². The lowest BCUT2D eigenvalue weighted by Crippen LogP contribution is -2.53. The molecule has 25 heavy (non-hydrogen) atoms. The fourth-order valence-electron chi connectivity index (χ4n) is 3.24. The average Bonchev–Trinajstić information content (AvgIpc) is 2.54. The van der Waals surface area contributed by atoms with Gasteiger partial charge in [0.25, 0.3) is 0 Å². The molecule has 2 atom stereocenters. The average molecular weight is 414 g/mol. The molecule has 1 saturated heterocycles. The van der Waals surface area contributed by atoms with Crippen LogP contribution in [0, 0.1) is 12.3 Å². The van der Waals surface area contributed by atoms with E-state index in [1.165, 1.54) is 0 Å². The second-order valence-corrected chi connectivity index (χ2v) is 8.44. The van der Waals surface area contributed by atoms with Crippen LogP contribution in [0.3, 0.4) is 0 Å². The molecular formula is C19H28BrNO4. The van der Waals surface area contributed by atoms with Crippen molar-refractivity contribution in [2.75, 3.05) is 19.8 Å². The molecule has 1 amide bonds. The standard InChI is InChI=1S/C19H28BrNO4/c1-13-15(20)6-5-7-16(13)25-11-10-24-14-8-9-21(18(22)23)17(12-14)19(2,3)4/h5-7,14,17H,8-12H2,1-4H3,(H,22,23). The van der Waals surface area contributed by atoms with E-state index in [1.54, 1.807) is 4.90 Å². The lowest BCUT2D eigenvalue weighted by molar-refractivity contribution is -0.0410. The molecule has 1 heterocycles. The molecule has 0 radical (unpaired) electrons. The smallest absolute Gasteiger partial charge is 0.407 e. The van der Waals surface area contributed by atoms with Gasteiger partial charge in [0.2, 0.25) is 0 Å². The summed E-state index contributed by atoms with van der Waals surface area (Å²) < 4.78 is 12.8. The molecule has 2 unspecified atom stereocenters. The number of carbonyl (C=O) groups is 1. The van der Waals surface area contributed by atoms with Crippen molar-refractivity contribution in [3.63, 3.8) is 0 Å². The summed E-state index contributed by atoms with van der Waals surface area (Å²) >= 11 is 3.50. The number of hydrogen-bond donors (Lipinski definition) is 1. The molecule has 1 N–H and O–H groups in total. The molecule has 1 aliphatic heterocycles. The largest absolute Gasteiger partial charge is 0.491 e. The maximum atomic E-state index is 11.5. The Labute approximate surface area is 158 Å². The van der Waals surface area contributed by atoms with Gasteiger partial charge in [-0.3, -0.25) is 0 Å². The van der Waals surface area contributed by atoms with Gasteiger partial charge in [-0.1, -0.05) is 42.8 Å². The van der Waals surface area contributed by atoms with Crippen LogP contribution in [0.5, 0.6) is 5.75 Å². The summed E-state index contributed by atoms with van der Waals surface area (Å²) in [5.74, 6) is 0.853. The van der Waals surface area contributed by atoms with Crippen molar-refractivity contribution in [3.05, 3.63) is 28.2 Å². The highest BCUT2D eigenvalue weighted by molar-refractivity contribution is 9.10. The predicted molar refractivity (Wildman–Crippen MR) is 101 cm³/mol. The molecule has 0 aromatic heterocycles. The first kappa shape index (κ1) is 20.0. The quantitative estimate of drug-likeness (QED) is 0.709. The second-order valence-electron chi connectivity index (χ2n) is 7.59. The predicted octanol–water partition coefficient (Wildman–Crippen LogP) is 4.71. The molecular weight excluding hydrogens is 386 g/mol. The van der Waals surface area contributed by atoms with Gasteiger partial charge in [0.05, 0.1) is 12.7 Å². The fraction of sp³-hybridized carbons (Fsp3) is 0.632. The third-order valence-electron chi connectivity index (χ3n) is 4.71. The number of likely N-dealkylation sites (tertiary alicyclic amines) is 1. The Bertz CT molecular complexity index is 600. The zero-order valence-corrected chi connectivity index (χ0v) is 17.0. The topological polar surface area (TPSA) is 59.0 Å². The number of ether oxygens (including phenoxy) is 2. The molecule has 0 saturated carbocycles. The Morgan fingerprint density at radius 3 is 2.72 bits per heavy atom. The third kappa shape index (κ3) is 5.35. The number of amides is 1. The summed E-state index contributed by atoms with van der Waals surface area (Å²) in [5, 5.41) is 9.41. The summed E-state index contributed by atoms with van der Waals surface area (Å²) in [7, 11) is 0. The molecule has 5 nitrogen and oxygen atoms in total. The van der Waals surface area contributed by atoms with E-state index in [1.807, 2.05) is 25.1 Å². The second kappa shape index (κ2) is 8.41. The first-order chi connectivity index (χ1) is 11.7. The van der Waals surface area contributed by atoms with Gasteiger partial charge in [0.1, 0.15) is 12.4 Å². The number of carboxylic acid groups (broad SMARTS) is 1. The summed E-state index contributed by atoms with van der Waals surface area (Å²) in [6.45, 7) is 9.75. The van der Waals surface area contributed by atoms with Gasteiger partial charge in [-0.15, -0.1) is 0 Å². The minimum Gasteiger partial charge on any atom is -0.491 e. The molecule has 1 aromatic carbocycles. The van der Waals surface area contributed by atoms with Crippen molar-refractivity contribution in [2.24, 2.45) is 5.41 Å². The van der Waals surface area contributed by atoms with Crippen molar-refractivity contribution < 1.29 is 19.4 Å². The Morgan fingerprint density at radius 2 is 2.08 bits per heavy atom. The van der Waals surface area contributed by atoms with Crippen LogP contribution in [0.25, 0.3) is 0 Å². The van der Waals surface area contributed by atoms with Crippen LogP contribution in [-0.4, -0.2) is 48.0 Å². The van der Waals surface area contributed by atoms with Crippen LogP contribution in [0.1, 0.15) is 39.2 Å². The number of benzene rings is 1. The SMILES string of the molecule is Cc1c(Br)cccc1OCCOC1CCN(C(=O)O)C(C(C)(C)C)C1. The molecule has 1 aromatic rings. The van der Waals surface area contributed by atoms with Gasteiger partial charge in [0, 0.05) is 22.6 Å². The van der Waals surface area contributed by atoms with E-state index in [0.29, 0.717) is 19.8 Å². The van der Waals surface area contributed by atoms with E-state index in [9.17, 15) is 9.90 Å². The third-order valence-corrected chi connectivity index (χ3v) is 5.57. The summed E-state index contributed by atoms with van der Waals surface area (Å²) in [6.07, 6.45) is 0.694. The summed E-state index contributed by atoms with van der Waals surface area (Å²) in [6, 6.07) is 5.85. The van der Waals surface area contributed by atoms with Crippen molar-refractivity contribution >= 4 is 22.0 Å². The van der Waals surface area contributed by atoms with E-state index in [-0.39, 0.29) is 17.6 Å². The maximum absolute atomic E-state index is 11.5. The molecule has 1 aliphatic rings. The van der Waals surface area contributed by atoms with Crippen molar-refractivity contribution in [1.82, 2.24) is 4.90 Å². The van der Waals surface area contributed by atoms with E-state index in [2.05, 4.69) is 36.7 Å². The van der Waals surface area contributed by atoms with Gasteiger partial charge < -0.3 is 19.5 Å². The highest BCUT2D eigenvalue weighted by atomic mass is 79.9. The number of halogens is 1.